The minimum atomic E-state index is -0.606. The molecule has 2 aromatic carbocycles. The van der Waals surface area contributed by atoms with Crippen molar-refractivity contribution in [3.63, 3.8) is 0 Å². The van der Waals surface area contributed by atoms with Crippen LogP contribution in [0.15, 0.2) is 46.9 Å². The van der Waals surface area contributed by atoms with E-state index in [4.69, 9.17) is 0 Å². The predicted molar refractivity (Wildman–Crippen MR) is 72.5 cm³/mol. The van der Waals surface area contributed by atoms with Crippen molar-refractivity contribution in [2.45, 2.75) is 13.0 Å². The third-order valence-corrected chi connectivity index (χ3v) is 3.29. The van der Waals surface area contributed by atoms with Crippen molar-refractivity contribution in [2.75, 3.05) is 5.32 Å². The highest BCUT2D eigenvalue weighted by Gasteiger charge is 2.11. The highest BCUT2D eigenvalue weighted by atomic mass is 79.9. The molecule has 1 atom stereocenters. The maximum absolute atomic E-state index is 13.6. The number of halogens is 3. The van der Waals surface area contributed by atoms with Gasteiger partial charge in [0, 0.05) is 12.1 Å². The Labute approximate surface area is 113 Å². The summed E-state index contributed by atoms with van der Waals surface area (Å²) >= 11 is 3.04. The first kappa shape index (κ1) is 13.0. The summed E-state index contributed by atoms with van der Waals surface area (Å²) in [6.07, 6.45) is 0. The average molecular weight is 312 g/mol. The van der Waals surface area contributed by atoms with Gasteiger partial charge in [0.05, 0.1) is 10.2 Å². The Bertz CT molecular complexity index is 543. The van der Waals surface area contributed by atoms with Gasteiger partial charge in [0.2, 0.25) is 0 Å². The molecule has 0 aliphatic carbocycles. The second-order valence-electron chi connectivity index (χ2n) is 4.02. The lowest BCUT2D eigenvalue weighted by molar-refractivity contribution is 0.579. The summed E-state index contributed by atoms with van der Waals surface area (Å²) in [5.74, 6) is -1.20. The number of anilines is 1. The smallest absolute Gasteiger partial charge is 0.149 e. The Morgan fingerprint density at radius 3 is 2.39 bits per heavy atom. The van der Waals surface area contributed by atoms with E-state index in [0.29, 0.717) is 0 Å². The molecule has 0 aromatic heterocycles. The third kappa shape index (κ3) is 2.88. The molecule has 2 rings (SSSR count). The molecule has 0 saturated carbocycles. The summed E-state index contributed by atoms with van der Waals surface area (Å²) in [7, 11) is 0. The Kier molecular flexibility index (Phi) is 3.97. The molecule has 94 valence electrons. The van der Waals surface area contributed by atoms with Crippen LogP contribution < -0.4 is 5.32 Å². The number of hydrogen-bond acceptors (Lipinski definition) is 1. The van der Waals surface area contributed by atoms with Crippen LogP contribution in [0.3, 0.4) is 0 Å². The fourth-order valence-corrected chi connectivity index (χ4v) is 2.03. The van der Waals surface area contributed by atoms with E-state index in [9.17, 15) is 8.78 Å². The lowest BCUT2D eigenvalue weighted by atomic mass is 10.1. The number of benzene rings is 2. The van der Waals surface area contributed by atoms with Crippen LogP contribution in [0.1, 0.15) is 18.5 Å². The fourth-order valence-electron chi connectivity index (χ4n) is 1.69. The minimum absolute atomic E-state index is 0.0574. The molecule has 2 aromatic rings. The average Bonchev–Trinajstić information content (AvgIpc) is 2.37. The zero-order chi connectivity index (χ0) is 13.1. The van der Waals surface area contributed by atoms with E-state index in [0.717, 1.165) is 11.6 Å². The van der Waals surface area contributed by atoms with Gasteiger partial charge >= 0.3 is 0 Å². The monoisotopic (exact) mass is 311 g/mol. The molecule has 1 nitrogen and oxygen atoms in total. The zero-order valence-electron chi connectivity index (χ0n) is 9.75. The van der Waals surface area contributed by atoms with Crippen LogP contribution in [0, 0.1) is 11.6 Å². The van der Waals surface area contributed by atoms with Crippen LogP contribution in [-0.2, 0) is 0 Å². The quantitative estimate of drug-likeness (QED) is 0.795. The van der Waals surface area contributed by atoms with E-state index in [2.05, 4.69) is 21.2 Å². The molecule has 0 aliphatic rings. The summed E-state index contributed by atoms with van der Waals surface area (Å²) in [6.45, 7) is 1.92. The van der Waals surface area contributed by atoms with E-state index < -0.39 is 11.6 Å². The predicted octanol–water partition coefficient (Wildman–Crippen LogP) is 4.90. The Balaban J connectivity index is 2.22. The van der Waals surface area contributed by atoms with Crippen LogP contribution in [0.5, 0.6) is 0 Å². The first-order valence-electron chi connectivity index (χ1n) is 5.54. The van der Waals surface area contributed by atoms with Gasteiger partial charge in [0.1, 0.15) is 11.6 Å². The van der Waals surface area contributed by atoms with E-state index >= 15 is 0 Å². The largest absolute Gasteiger partial charge is 0.376 e. The molecule has 18 heavy (non-hydrogen) atoms. The van der Waals surface area contributed by atoms with Gasteiger partial charge in [-0.1, -0.05) is 30.3 Å². The molecule has 0 fully saturated rings. The maximum Gasteiger partial charge on any atom is 0.149 e. The van der Waals surface area contributed by atoms with Crippen LogP contribution in [0.25, 0.3) is 0 Å². The maximum atomic E-state index is 13.6. The minimum Gasteiger partial charge on any atom is -0.376 e. The van der Waals surface area contributed by atoms with Crippen LogP contribution in [-0.4, -0.2) is 0 Å². The summed E-state index contributed by atoms with van der Waals surface area (Å²) in [6, 6.07) is 11.9. The summed E-state index contributed by atoms with van der Waals surface area (Å²) in [5.41, 5.74) is 1.32. The number of nitrogens with one attached hydrogen (secondary N) is 1. The van der Waals surface area contributed by atoms with Gasteiger partial charge in [-0.3, -0.25) is 0 Å². The summed E-state index contributed by atoms with van der Waals surface area (Å²) < 4.78 is 26.9. The van der Waals surface area contributed by atoms with Crippen molar-refractivity contribution < 1.29 is 8.78 Å². The van der Waals surface area contributed by atoms with E-state index in [1.807, 2.05) is 37.3 Å². The summed E-state index contributed by atoms with van der Waals surface area (Å²) in [5, 5.41) is 3.02. The van der Waals surface area contributed by atoms with Crippen LogP contribution >= 0.6 is 15.9 Å². The van der Waals surface area contributed by atoms with Crippen molar-refractivity contribution in [1.29, 1.82) is 0 Å². The standard InChI is InChI=1S/C14H12BrF2N/c1-9(10-5-3-2-4-6-10)18-14-7-11(15)12(16)8-13(14)17/h2-9,18H,1H3. The van der Waals surface area contributed by atoms with Crippen molar-refractivity contribution >= 4 is 21.6 Å². The number of rotatable bonds is 3. The Morgan fingerprint density at radius 1 is 1.06 bits per heavy atom. The number of hydrogen-bond donors (Lipinski definition) is 1. The van der Waals surface area contributed by atoms with Gasteiger partial charge in [0.15, 0.2) is 0 Å². The molecule has 0 amide bonds. The van der Waals surface area contributed by atoms with Crippen molar-refractivity contribution in [3.05, 3.63) is 64.1 Å². The second-order valence-corrected chi connectivity index (χ2v) is 4.88. The van der Waals surface area contributed by atoms with E-state index in [1.165, 1.54) is 6.07 Å². The molecule has 0 aliphatic heterocycles. The first-order valence-corrected chi connectivity index (χ1v) is 6.33. The Morgan fingerprint density at radius 2 is 1.72 bits per heavy atom. The van der Waals surface area contributed by atoms with Gasteiger partial charge in [-0.2, -0.15) is 0 Å². The molecule has 4 heteroatoms. The lowest BCUT2D eigenvalue weighted by Crippen LogP contribution is -2.08. The topological polar surface area (TPSA) is 12.0 Å². The van der Waals surface area contributed by atoms with Crippen molar-refractivity contribution in [3.8, 4) is 0 Å². The van der Waals surface area contributed by atoms with Gasteiger partial charge in [-0.15, -0.1) is 0 Å². The van der Waals surface area contributed by atoms with Gasteiger partial charge in [-0.05, 0) is 34.5 Å². The fraction of sp³-hybridized carbons (Fsp3) is 0.143. The third-order valence-electron chi connectivity index (χ3n) is 2.68. The van der Waals surface area contributed by atoms with Gasteiger partial charge in [-0.25, -0.2) is 8.78 Å². The van der Waals surface area contributed by atoms with Crippen LogP contribution in [0.4, 0.5) is 14.5 Å². The summed E-state index contributed by atoms with van der Waals surface area (Å²) in [4.78, 5) is 0. The molecule has 0 saturated heterocycles. The Hall–Kier alpha value is -1.42. The molecule has 1 unspecified atom stereocenters. The lowest BCUT2D eigenvalue weighted by Gasteiger charge is -2.16. The van der Waals surface area contributed by atoms with Crippen molar-refractivity contribution in [2.24, 2.45) is 0 Å². The zero-order valence-corrected chi connectivity index (χ0v) is 11.3. The molecule has 1 N–H and O–H groups in total. The molecule has 0 radical (unpaired) electrons. The molecule has 0 heterocycles. The first-order chi connectivity index (χ1) is 8.58. The normalized spacial score (nSPS) is 12.2. The highest BCUT2D eigenvalue weighted by molar-refractivity contribution is 9.10. The van der Waals surface area contributed by atoms with E-state index in [1.54, 1.807) is 0 Å². The molecular weight excluding hydrogens is 300 g/mol. The molecule has 0 bridgehead atoms. The SMILES string of the molecule is CC(Nc1cc(Br)c(F)cc1F)c1ccccc1. The van der Waals surface area contributed by atoms with Gasteiger partial charge in [0.25, 0.3) is 0 Å². The van der Waals surface area contributed by atoms with Crippen LogP contribution in [0.2, 0.25) is 0 Å². The molecule has 0 spiro atoms. The van der Waals surface area contributed by atoms with Crippen molar-refractivity contribution in [1.82, 2.24) is 0 Å². The van der Waals surface area contributed by atoms with Gasteiger partial charge < -0.3 is 5.32 Å². The van der Waals surface area contributed by atoms with E-state index in [-0.39, 0.29) is 16.2 Å². The highest BCUT2D eigenvalue weighted by Crippen LogP contribution is 2.26. The molecular formula is C14H12BrF2N. The second kappa shape index (κ2) is 5.48.